The van der Waals surface area contributed by atoms with Crippen molar-refractivity contribution in [3.63, 3.8) is 0 Å². The van der Waals surface area contributed by atoms with Crippen LogP contribution in [0, 0.1) is 0 Å². The Kier molecular flexibility index (Phi) is 25.8. The average molecular weight is 54.0 g/mol. The zero-order chi connectivity index (χ0) is 2.71. The topological polar surface area (TPSA) is 40.1 Å². The number of hydrogen-bond donors (Lipinski definition) is 0. The van der Waals surface area contributed by atoms with E-state index in [-0.39, 0.29) is 18.9 Å². The molecule has 18 valence electrons. The van der Waals surface area contributed by atoms with Gasteiger partial charge in [0.1, 0.15) is 0 Å². The van der Waals surface area contributed by atoms with Gasteiger partial charge in [0.15, 0.2) is 0 Å². The molecule has 0 heterocycles. The van der Waals surface area contributed by atoms with E-state index in [9.17, 15) is 0 Å². The summed E-state index contributed by atoms with van der Waals surface area (Å²) in [4.78, 5) is 8.25. The van der Waals surface area contributed by atoms with Gasteiger partial charge in [0.2, 0.25) is 0 Å². The summed E-state index contributed by atoms with van der Waals surface area (Å²) in [6, 6.07) is 0. The third kappa shape index (κ3) is 518. The van der Waals surface area contributed by atoms with Crippen LogP contribution in [0.1, 0.15) is 0 Å². The van der Waals surface area contributed by atoms with Crippen LogP contribution < -0.4 is 24.0 Å². The van der Waals surface area contributed by atoms with E-state index in [1.54, 1.807) is 0 Å². The van der Waals surface area contributed by atoms with Gasteiger partial charge in [-0.3, -0.25) is 0 Å². The van der Waals surface area contributed by atoms with Crippen molar-refractivity contribution in [2.24, 2.45) is 0 Å². The predicted octanol–water partition coefficient (Wildman–Crippen LogP) is -4.63. The monoisotopic (exact) mass is 54.0 g/mol. The Labute approximate surface area is 36.0 Å². The standard InChI is InChI=1S/CH2O2.Li/c2-1-3;/h1H,(H,2,3);/q;+1/p-1/i1+2;. The number of hydrogen-bond acceptors (Lipinski definition) is 2. The van der Waals surface area contributed by atoms with Crippen molar-refractivity contribution < 1.29 is 28.8 Å². The van der Waals surface area contributed by atoms with E-state index in [0.29, 0.717) is 0 Å². The minimum Gasteiger partial charge on any atom is -0.554 e. The number of rotatable bonds is 0. The molecule has 0 aliphatic carbocycles. The summed E-state index contributed by atoms with van der Waals surface area (Å²) in [6.07, 6.45) is 0. The molecule has 0 spiro atoms. The molecule has 0 radical (unpaired) electrons. The van der Waals surface area contributed by atoms with Gasteiger partial charge in [-0.05, 0) is 0 Å². The molecule has 3 heteroatoms. The maximum absolute atomic E-state index is 8.25. The third-order valence-corrected chi connectivity index (χ3v) is 0. The molecule has 0 aromatic carbocycles. The van der Waals surface area contributed by atoms with Gasteiger partial charge in [0.05, 0.1) is 0 Å². The first-order valence-corrected chi connectivity index (χ1v) is 0.471. The Morgan fingerprint density at radius 1 is 1.75 bits per heavy atom. The van der Waals surface area contributed by atoms with Gasteiger partial charge in [-0.25, -0.2) is 0 Å². The van der Waals surface area contributed by atoms with E-state index in [1.165, 1.54) is 0 Å². The molecule has 0 rings (SSSR count). The van der Waals surface area contributed by atoms with Crippen LogP contribution in [-0.2, 0) is 4.79 Å². The van der Waals surface area contributed by atoms with Crippen molar-refractivity contribution in [1.29, 1.82) is 0 Å². The van der Waals surface area contributed by atoms with Crippen molar-refractivity contribution in [3.8, 4) is 0 Å². The van der Waals surface area contributed by atoms with E-state index < -0.39 is 6.47 Å². The van der Waals surface area contributed by atoms with Crippen LogP contribution >= 0.6 is 0 Å². The zero-order valence-corrected chi connectivity index (χ0v) is 2.39. The van der Waals surface area contributed by atoms with Crippen LogP contribution in [0.2, 0.25) is 0 Å². The smallest absolute Gasteiger partial charge is 0.554 e. The Balaban J connectivity index is 0. The normalized spacial score (nSPS) is 3.00. The first kappa shape index (κ1) is 8.95. The van der Waals surface area contributed by atoms with Gasteiger partial charge in [-0.15, -0.1) is 0 Å². The van der Waals surface area contributed by atoms with Gasteiger partial charge in [0, 0.05) is 6.47 Å². The van der Waals surface area contributed by atoms with Crippen molar-refractivity contribution in [1.82, 2.24) is 0 Å². The summed E-state index contributed by atoms with van der Waals surface area (Å²) in [5.41, 5.74) is 0. The Morgan fingerprint density at radius 3 is 1.75 bits per heavy atom. The number of carbonyl (C=O) groups is 1. The van der Waals surface area contributed by atoms with E-state index in [0.717, 1.165) is 0 Å². The Hall–Kier alpha value is 0.0674. The quantitative estimate of drug-likeness (QED) is 0.206. The summed E-state index contributed by atoms with van der Waals surface area (Å²) in [5.74, 6) is 0. The number of carbonyl (C=O) groups excluding carboxylic acids is 1. The van der Waals surface area contributed by atoms with E-state index in [1.807, 2.05) is 0 Å². The third-order valence-electron chi connectivity index (χ3n) is 0. The minimum atomic E-state index is -0.500. The summed E-state index contributed by atoms with van der Waals surface area (Å²) >= 11 is 0. The molecule has 4 heavy (non-hydrogen) atoms. The van der Waals surface area contributed by atoms with Gasteiger partial charge < -0.3 is 9.90 Å². The Morgan fingerprint density at radius 2 is 1.75 bits per heavy atom. The molecule has 0 amide bonds. The van der Waals surface area contributed by atoms with Crippen molar-refractivity contribution in [2.45, 2.75) is 0 Å². The molecule has 0 bridgehead atoms. The predicted molar refractivity (Wildman–Crippen MR) is 6.06 cm³/mol. The molecular weight excluding hydrogens is 52.9 g/mol. The second-order valence-corrected chi connectivity index (χ2v) is 0.0962. The van der Waals surface area contributed by atoms with E-state index in [4.69, 9.17) is 9.90 Å². The summed E-state index contributed by atoms with van der Waals surface area (Å²) < 4.78 is 0. The molecule has 0 saturated heterocycles. The summed E-state index contributed by atoms with van der Waals surface area (Å²) in [7, 11) is 0. The van der Waals surface area contributed by atoms with Crippen LogP contribution in [0.15, 0.2) is 0 Å². The summed E-state index contributed by atoms with van der Waals surface area (Å²) in [6.45, 7) is -0.500. The molecule has 0 fully saturated rings. The maximum Gasteiger partial charge on any atom is 1.00 e. The van der Waals surface area contributed by atoms with Gasteiger partial charge in [0.25, 0.3) is 0 Å². The molecule has 0 unspecified atom stereocenters. The van der Waals surface area contributed by atoms with E-state index >= 15 is 0 Å². The van der Waals surface area contributed by atoms with Crippen LogP contribution in [0.5, 0.6) is 0 Å². The number of carboxylic acid groups (broad SMARTS) is 1. The second-order valence-electron chi connectivity index (χ2n) is 0.0962. The van der Waals surface area contributed by atoms with Crippen molar-refractivity contribution in [3.05, 3.63) is 0 Å². The molecule has 0 aliphatic rings. The van der Waals surface area contributed by atoms with Crippen molar-refractivity contribution in [2.75, 3.05) is 0 Å². The van der Waals surface area contributed by atoms with Crippen molar-refractivity contribution >= 4 is 6.47 Å². The fourth-order valence-corrected chi connectivity index (χ4v) is 0. The largest absolute Gasteiger partial charge is 1.00 e. The molecule has 0 aliphatic heterocycles. The SMILES string of the molecule is O=[14CH][O-].[Li+]. The fourth-order valence-electron chi connectivity index (χ4n) is 0. The molecule has 2 nitrogen and oxygen atoms in total. The second kappa shape index (κ2) is 11.5. The van der Waals surface area contributed by atoms with Gasteiger partial charge >= 0.3 is 18.9 Å². The van der Waals surface area contributed by atoms with Crippen LogP contribution in [-0.4, -0.2) is 6.47 Å². The van der Waals surface area contributed by atoms with E-state index in [2.05, 4.69) is 0 Å². The average Bonchev–Trinajstić information content (AvgIpc) is 0.918. The summed E-state index contributed by atoms with van der Waals surface area (Å²) in [5, 5.41) is 8.25. The van der Waals surface area contributed by atoms with Crippen LogP contribution in [0.4, 0.5) is 0 Å². The molecule has 0 N–H and O–H groups in total. The van der Waals surface area contributed by atoms with Gasteiger partial charge in [-0.2, -0.15) is 0 Å². The fraction of sp³-hybridized carbons (Fsp3) is 0. The molecule has 0 aromatic rings. The first-order valence-electron chi connectivity index (χ1n) is 0.471. The Bertz CT molecular complexity index is 13.5. The first-order chi connectivity index (χ1) is 1.41. The van der Waals surface area contributed by atoms with Crippen LogP contribution in [0.3, 0.4) is 0 Å². The zero-order valence-electron chi connectivity index (χ0n) is 2.39. The minimum absolute atomic E-state index is 0. The maximum atomic E-state index is 8.25. The molecular formula is CHLiO2. The molecule has 0 atom stereocenters. The van der Waals surface area contributed by atoms with Gasteiger partial charge in [-0.1, -0.05) is 0 Å². The molecule has 0 saturated carbocycles. The molecule has 0 aromatic heterocycles. The van der Waals surface area contributed by atoms with Crippen LogP contribution in [0.25, 0.3) is 0 Å².